The molecule has 0 unspecified atom stereocenters. The van der Waals surface area contributed by atoms with Gasteiger partial charge in [0.15, 0.2) is 0 Å². The number of hydrogen-bond donors (Lipinski definition) is 1. The van der Waals surface area contributed by atoms with Gasteiger partial charge in [0.1, 0.15) is 11.5 Å². The second-order valence-corrected chi connectivity index (χ2v) is 5.70. The molecule has 0 aromatic carbocycles. The molecule has 0 saturated heterocycles. The smallest absolute Gasteiger partial charge is 0.118 e. The average Bonchev–Trinajstić information content (AvgIpc) is 3.07. The number of hydrogen-bond acceptors (Lipinski definition) is 3. The minimum atomic E-state index is 0.724. The van der Waals surface area contributed by atoms with Gasteiger partial charge in [0.25, 0.3) is 0 Å². The van der Waals surface area contributed by atoms with E-state index in [4.69, 9.17) is 4.42 Å². The van der Waals surface area contributed by atoms with Gasteiger partial charge < -0.3 is 9.73 Å². The lowest BCUT2D eigenvalue weighted by atomic mass is 10.2. The Kier molecular flexibility index (Phi) is 4.84. The van der Waals surface area contributed by atoms with Gasteiger partial charge >= 0.3 is 0 Å². The fourth-order valence-electron chi connectivity index (χ4n) is 2.30. The zero-order valence-corrected chi connectivity index (χ0v) is 11.9. The van der Waals surface area contributed by atoms with Gasteiger partial charge in [-0.1, -0.05) is 20.8 Å². The summed E-state index contributed by atoms with van der Waals surface area (Å²) in [5.74, 6) is 2.88. The quantitative estimate of drug-likeness (QED) is 0.769. The summed E-state index contributed by atoms with van der Waals surface area (Å²) in [5, 5.41) is 3.29. The molecule has 0 bridgehead atoms. The van der Waals surface area contributed by atoms with Crippen LogP contribution in [0.2, 0.25) is 0 Å². The Morgan fingerprint density at radius 1 is 1.33 bits per heavy atom. The van der Waals surface area contributed by atoms with E-state index in [0.29, 0.717) is 0 Å². The van der Waals surface area contributed by atoms with E-state index in [-0.39, 0.29) is 0 Å². The van der Waals surface area contributed by atoms with Crippen molar-refractivity contribution in [2.75, 3.05) is 13.1 Å². The summed E-state index contributed by atoms with van der Waals surface area (Å²) in [7, 11) is 0. The van der Waals surface area contributed by atoms with Crippen molar-refractivity contribution in [1.29, 1.82) is 0 Å². The Morgan fingerprint density at radius 3 is 2.67 bits per heavy atom. The Morgan fingerprint density at radius 2 is 2.06 bits per heavy atom. The third-order valence-electron chi connectivity index (χ3n) is 3.29. The van der Waals surface area contributed by atoms with E-state index in [9.17, 15) is 0 Å². The molecule has 1 N–H and O–H groups in total. The van der Waals surface area contributed by atoms with Gasteiger partial charge in [-0.2, -0.15) is 0 Å². The predicted octanol–water partition coefficient (Wildman–Crippen LogP) is 3.01. The highest BCUT2D eigenvalue weighted by Crippen LogP contribution is 2.29. The molecule has 3 nitrogen and oxygen atoms in total. The molecule has 0 amide bonds. The SMILES string of the molecule is CCNCc1ccc(CN(CC(C)C)C2CC2)o1. The van der Waals surface area contributed by atoms with E-state index >= 15 is 0 Å². The lowest BCUT2D eigenvalue weighted by Gasteiger charge is -2.22. The van der Waals surface area contributed by atoms with Gasteiger partial charge in [0, 0.05) is 12.6 Å². The van der Waals surface area contributed by atoms with E-state index < -0.39 is 0 Å². The lowest BCUT2D eigenvalue weighted by molar-refractivity contribution is 0.207. The van der Waals surface area contributed by atoms with Crippen LogP contribution in [0.1, 0.15) is 45.1 Å². The minimum Gasteiger partial charge on any atom is -0.463 e. The molecule has 1 saturated carbocycles. The van der Waals surface area contributed by atoms with Crippen molar-refractivity contribution in [1.82, 2.24) is 10.2 Å². The summed E-state index contributed by atoms with van der Waals surface area (Å²) >= 11 is 0. The predicted molar refractivity (Wildman–Crippen MR) is 74.4 cm³/mol. The maximum atomic E-state index is 5.87. The van der Waals surface area contributed by atoms with Crippen LogP contribution in [-0.4, -0.2) is 24.0 Å². The Hall–Kier alpha value is -0.800. The molecule has 0 radical (unpaired) electrons. The van der Waals surface area contributed by atoms with Crippen LogP contribution in [-0.2, 0) is 13.1 Å². The van der Waals surface area contributed by atoms with Gasteiger partial charge in [-0.3, -0.25) is 4.90 Å². The summed E-state index contributed by atoms with van der Waals surface area (Å²) < 4.78 is 5.87. The maximum absolute atomic E-state index is 5.87. The monoisotopic (exact) mass is 250 g/mol. The highest BCUT2D eigenvalue weighted by Gasteiger charge is 2.29. The van der Waals surface area contributed by atoms with Gasteiger partial charge in [-0.25, -0.2) is 0 Å². The molecule has 102 valence electrons. The summed E-state index contributed by atoms with van der Waals surface area (Å²) in [6.07, 6.45) is 2.72. The highest BCUT2D eigenvalue weighted by molar-refractivity contribution is 5.07. The van der Waals surface area contributed by atoms with Crippen molar-refractivity contribution in [2.24, 2.45) is 5.92 Å². The van der Waals surface area contributed by atoms with Gasteiger partial charge in [-0.15, -0.1) is 0 Å². The van der Waals surface area contributed by atoms with Crippen LogP contribution in [0.5, 0.6) is 0 Å². The first-order valence-electron chi connectivity index (χ1n) is 7.21. The topological polar surface area (TPSA) is 28.4 Å². The van der Waals surface area contributed by atoms with E-state index in [1.165, 1.54) is 19.4 Å². The van der Waals surface area contributed by atoms with E-state index in [2.05, 4.69) is 43.1 Å². The van der Waals surface area contributed by atoms with E-state index in [1.54, 1.807) is 0 Å². The van der Waals surface area contributed by atoms with Gasteiger partial charge in [0.2, 0.25) is 0 Å². The normalized spacial score (nSPS) is 15.8. The Labute approximate surface area is 111 Å². The highest BCUT2D eigenvalue weighted by atomic mass is 16.3. The molecule has 2 rings (SSSR count). The van der Waals surface area contributed by atoms with Crippen molar-refractivity contribution < 1.29 is 4.42 Å². The minimum absolute atomic E-state index is 0.724. The van der Waals surface area contributed by atoms with Crippen LogP contribution >= 0.6 is 0 Å². The molecule has 1 aromatic heterocycles. The summed E-state index contributed by atoms with van der Waals surface area (Å²) in [5.41, 5.74) is 0. The summed E-state index contributed by atoms with van der Waals surface area (Å²) in [6, 6.07) is 5.02. The molecular formula is C15H26N2O. The largest absolute Gasteiger partial charge is 0.463 e. The van der Waals surface area contributed by atoms with Crippen LogP contribution in [0.15, 0.2) is 16.5 Å². The fraction of sp³-hybridized carbons (Fsp3) is 0.733. The number of nitrogens with zero attached hydrogens (tertiary/aromatic N) is 1. The zero-order valence-electron chi connectivity index (χ0n) is 11.9. The molecule has 18 heavy (non-hydrogen) atoms. The van der Waals surface area contributed by atoms with Crippen LogP contribution in [0.4, 0.5) is 0 Å². The van der Waals surface area contributed by atoms with E-state index in [0.717, 1.165) is 43.1 Å². The second-order valence-electron chi connectivity index (χ2n) is 5.70. The molecule has 1 heterocycles. The molecular weight excluding hydrogens is 224 g/mol. The van der Waals surface area contributed by atoms with Crippen LogP contribution in [0.3, 0.4) is 0 Å². The van der Waals surface area contributed by atoms with Crippen molar-refractivity contribution in [3.8, 4) is 0 Å². The molecule has 1 aromatic rings. The van der Waals surface area contributed by atoms with Gasteiger partial charge in [0.05, 0.1) is 13.1 Å². The average molecular weight is 250 g/mol. The molecule has 3 heteroatoms. The number of rotatable bonds is 8. The van der Waals surface area contributed by atoms with Crippen LogP contribution in [0.25, 0.3) is 0 Å². The number of nitrogens with one attached hydrogen (secondary N) is 1. The Balaban J connectivity index is 1.87. The van der Waals surface area contributed by atoms with Crippen molar-refractivity contribution in [3.63, 3.8) is 0 Å². The molecule has 0 aliphatic heterocycles. The molecule has 1 fully saturated rings. The molecule has 1 aliphatic rings. The first kappa shape index (κ1) is 13.6. The third kappa shape index (κ3) is 4.14. The van der Waals surface area contributed by atoms with Gasteiger partial charge in [-0.05, 0) is 37.4 Å². The Bertz CT molecular complexity index is 355. The molecule has 1 aliphatic carbocycles. The van der Waals surface area contributed by atoms with Crippen molar-refractivity contribution in [3.05, 3.63) is 23.7 Å². The number of furan rings is 1. The molecule has 0 atom stereocenters. The maximum Gasteiger partial charge on any atom is 0.118 e. The zero-order chi connectivity index (χ0) is 13.0. The lowest BCUT2D eigenvalue weighted by Crippen LogP contribution is -2.29. The van der Waals surface area contributed by atoms with Crippen molar-refractivity contribution >= 4 is 0 Å². The first-order valence-corrected chi connectivity index (χ1v) is 7.21. The first-order chi connectivity index (χ1) is 8.69. The second kappa shape index (κ2) is 6.39. The standard InChI is InChI=1S/C15H26N2O/c1-4-16-9-14-7-8-15(18-14)11-17(10-12(2)3)13-5-6-13/h7-8,12-13,16H,4-6,9-11H2,1-3H3. The molecule has 0 spiro atoms. The summed E-state index contributed by atoms with van der Waals surface area (Å²) in [4.78, 5) is 2.57. The fourth-order valence-corrected chi connectivity index (χ4v) is 2.30. The van der Waals surface area contributed by atoms with Crippen molar-refractivity contribution in [2.45, 2.75) is 52.7 Å². The van der Waals surface area contributed by atoms with E-state index in [1.807, 2.05) is 0 Å². The third-order valence-corrected chi connectivity index (χ3v) is 3.29. The summed E-state index contributed by atoms with van der Waals surface area (Å²) in [6.45, 7) is 10.6. The van der Waals surface area contributed by atoms with Crippen LogP contribution < -0.4 is 5.32 Å². The van der Waals surface area contributed by atoms with Crippen LogP contribution in [0, 0.1) is 5.92 Å².